The van der Waals surface area contributed by atoms with Gasteiger partial charge >= 0.3 is 23.9 Å². The van der Waals surface area contributed by atoms with Crippen LogP contribution in [0.5, 0.6) is 0 Å². The molecule has 0 spiro atoms. The van der Waals surface area contributed by atoms with Crippen LogP contribution < -0.4 is 0 Å². The van der Waals surface area contributed by atoms with E-state index in [1.807, 2.05) is 0 Å². The van der Waals surface area contributed by atoms with Crippen LogP contribution in [-0.4, -0.2) is 55.1 Å². The van der Waals surface area contributed by atoms with Gasteiger partial charge in [-0.3, -0.25) is 19.2 Å². The molecule has 0 saturated carbocycles. The van der Waals surface area contributed by atoms with Crippen molar-refractivity contribution in [2.75, 3.05) is 6.61 Å². The van der Waals surface area contributed by atoms with E-state index in [0.29, 0.717) is 0 Å². The Kier molecular flexibility index (Phi) is 6.29. The van der Waals surface area contributed by atoms with Gasteiger partial charge in [0.15, 0.2) is 12.2 Å². The van der Waals surface area contributed by atoms with Crippen LogP contribution in [0.1, 0.15) is 27.7 Å². The molecule has 0 aromatic heterocycles. The van der Waals surface area contributed by atoms with Gasteiger partial charge in [0, 0.05) is 27.7 Å². The Bertz CT molecular complexity index is 416. The standard InChI is InChI=1S/C13H18O9/c1-6(14)19-10-5-18-13(22-9(4)17)12(21-8(3)16)11(10)20-7(2)15/h10-13H,5H2,1-4H3/t10-,11+,12+,13+/m0/s1. The summed E-state index contributed by atoms with van der Waals surface area (Å²) in [7, 11) is 0. The number of carbonyl (C=O) groups is 4. The van der Waals surface area contributed by atoms with Crippen molar-refractivity contribution in [3.63, 3.8) is 0 Å². The summed E-state index contributed by atoms with van der Waals surface area (Å²) < 4.78 is 25.2. The predicted octanol–water partition coefficient (Wildman–Crippen LogP) is -0.299. The van der Waals surface area contributed by atoms with E-state index in [2.05, 4.69) is 0 Å². The van der Waals surface area contributed by atoms with Crippen molar-refractivity contribution in [1.29, 1.82) is 0 Å². The predicted molar refractivity (Wildman–Crippen MR) is 68.2 cm³/mol. The highest BCUT2D eigenvalue weighted by molar-refractivity contribution is 5.69. The number of ether oxygens (including phenoxy) is 5. The molecule has 0 aliphatic carbocycles. The van der Waals surface area contributed by atoms with Crippen LogP contribution in [0.3, 0.4) is 0 Å². The van der Waals surface area contributed by atoms with Crippen molar-refractivity contribution >= 4 is 23.9 Å². The van der Waals surface area contributed by atoms with Crippen molar-refractivity contribution in [1.82, 2.24) is 0 Å². The second-order valence-corrected chi connectivity index (χ2v) is 4.61. The van der Waals surface area contributed by atoms with Crippen LogP contribution in [-0.2, 0) is 42.9 Å². The van der Waals surface area contributed by atoms with Gasteiger partial charge in [0.25, 0.3) is 0 Å². The summed E-state index contributed by atoms with van der Waals surface area (Å²) in [6, 6.07) is 0. The smallest absolute Gasteiger partial charge is 0.305 e. The molecular formula is C13H18O9. The summed E-state index contributed by atoms with van der Waals surface area (Å²) >= 11 is 0. The first kappa shape index (κ1) is 17.9. The quantitative estimate of drug-likeness (QED) is 0.509. The second kappa shape index (κ2) is 7.74. The summed E-state index contributed by atoms with van der Waals surface area (Å²) in [4.78, 5) is 44.7. The highest BCUT2D eigenvalue weighted by atomic mass is 16.7. The zero-order chi connectivity index (χ0) is 16.9. The molecule has 0 unspecified atom stereocenters. The van der Waals surface area contributed by atoms with Gasteiger partial charge in [-0.2, -0.15) is 0 Å². The first-order valence-corrected chi connectivity index (χ1v) is 6.51. The molecule has 0 aromatic carbocycles. The molecule has 0 amide bonds. The Balaban J connectivity index is 3.03. The lowest BCUT2D eigenvalue weighted by molar-refractivity contribution is -0.273. The number of hydrogen-bond acceptors (Lipinski definition) is 9. The minimum absolute atomic E-state index is 0.187. The summed E-state index contributed by atoms with van der Waals surface area (Å²) in [5.74, 6) is -2.68. The zero-order valence-electron chi connectivity index (χ0n) is 12.7. The Morgan fingerprint density at radius 2 is 1.18 bits per heavy atom. The van der Waals surface area contributed by atoms with Crippen molar-refractivity contribution in [3.05, 3.63) is 0 Å². The molecule has 0 radical (unpaired) electrons. The maximum atomic E-state index is 11.3. The molecule has 1 saturated heterocycles. The molecule has 1 heterocycles. The molecule has 0 bridgehead atoms. The van der Waals surface area contributed by atoms with E-state index in [-0.39, 0.29) is 6.61 Å². The minimum Gasteiger partial charge on any atom is -0.456 e. The van der Waals surface area contributed by atoms with E-state index < -0.39 is 48.5 Å². The monoisotopic (exact) mass is 318 g/mol. The van der Waals surface area contributed by atoms with Crippen LogP contribution in [0.4, 0.5) is 0 Å². The number of hydrogen-bond donors (Lipinski definition) is 0. The van der Waals surface area contributed by atoms with Crippen molar-refractivity contribution in [2.45, 2.75) is 52.3 Å². The van der Waals surface area contributed by atoms with E-state index in [0.717, 1.165) is 20.8 Å². The van der Waals surface area contributed by atoms with Crippen LogP contribution in [0.2, 0.25) is 0 Å². The molecule has 1 aliphatic rings. The molecular weight excluding hydrogens is 300 g/mol. The summed E-state index contributed by atoms with van der Waals surface area (Å²) in [6.45, 7) is 4.40. The van der Waals surface area contributed by atoms with Gasteiger partial charge in [-0.15, -0.1) is 0 Å². The number of carbonyl (C=O) groups excluding carboxylic acids is 4. The maximum Gasteiger partial charge on any atom is 0.305 e. The molecule has 1 rings (SSSR count). The fourth-order valence-electron chi connectivity index (χ4n) is 1.97. The molecule has 1 aliphatic heterocycles. The van der Waals surface area contributed by atoms with Crippen molar-refractivity contribution < 1.29 is 42.9 Å². The lowest BCUT2D eigenvalue weighted by atomic mass is 10.0. The molecule has 9 nitrogen and oxygen atoms in total. The van der Waals surface area contributed by atoms with E-state index in [4.69, 9.17) is 23.7 Å². The van der Waals surface area contributed by atoms with Crippen molar-refractivity contribution in [3.8, 4) is 0 Å². The van der Waals surface area contributed by atoms with Gasteiger partial charge in [-0.25, -0.2) is 0 Å². The Morgan fingerprint density at radius 3 is 1.64 bits per heavy atom. The van der Waals surface area contributed by atoms with Gasteiger partial charge in [0.2, 0.25) is 12.4 Å². The largest absolute Gasteiger partial charge is 0.456 e. The van der Waals surface area contributed by atoms with Crippen LogP contribution >= 0.6 is 0 Å². The molecule has 4 atom stereocenters. The number of rotatable bonds is 4. The zero-order valence-corrected chi connectivity index (χ0v) is 12.7. The Morgan fingerprint density at radius 1 is 0.727 bits per heavy atom. The van der Waals surface area contributed by atoms with E-state index in [1.54, 1.807) is 0 Å². The molecule has 9 heteroatoms. The summed E-state index contributed by atoms with van der Waals surface area (Å²) in [5, 5.41) is 0. The average Bonchev–Trinajstić information content (AvgIpc) is 2.34. The lowest BCUT2D eigenvalue weighted by Gasteiger charge is -2.39. The van der Waals surface area contributed by atoms with E-state index in [9.17, 15) is 19.2 Å². The minimum atomic E-state index is -1.27. The molecule has 124 valence electrons. The van der Waals surface area contributed by atoms with Crippen molar-refractivity contribution in [2.24, 2.45) is 0 Å². The third-order valence-corrected chi connectivity index (χ3v) is 2.59. The van der Waals surface area contributed by atoms with Gasteiger partial charge in [-0.1, -0.05) is 0 Å². The third kappa shape index (κ3) is 5.32. The highest BCUT2D eigenvalue weighted by Crippen LogP contribution is 2.25. The first-order chi connectivity index (χ1) is 10.2. The molecule has 0 aromatic rings. The Labute approximate surface area is 126 Å². The van der Waals surface area contributed by atoms with E-state index >= 15 is 0 Å². The van der Waals surface area contributed by atoms with Crippen LogP contribution in [0.15, 0.2) is 0 Å². The van der Waals surface area contributed by atoms with Gasteiger partial charge in [0.05, 0.1) is 6.61 Å². The summed E-state index contributed by atoms with van der Waals surface area (Å²) in [6.07, 6.45) is -4.65. The topological polar surface area (TPSA) is 114 Å². The third-order valence-electron chi connectivity index (χ3n) is 2.59. The number of esters is 4. The van der Waals surface area contributed by atoms with Gasteiger partial charge in [0.1, 0.15) is 0 Å². The SMILES string of the molecule is CC(=O)O[C@H]1OC[C@H](OC(C)=O)[C@@H](OC(C)=O)[C@H]1OC(C)=O. The van der Waals surface area contributed by atoms with E-state index in [1.165, 1.54) is 6.92 Å². The highest BCUT2D eigenvalue weighted by Gasteiger charge is 2.48. The molecule has 0 N–H and O–H groups in total. The molecule has 22 heavy (non-hydrogen) atoms. The molecule has 1 fully saturated rings. The second-order valence-electron chi connectivity index (χ2n) is 4.61. The Hall–Kier alpha value is -2.16. The average molecular weight is 318 g/mol. The van der Waals surface area contributed by atoms with Gasteiger partial charge < -0.3 is 23.7 Å². The summed E-state index contributed by atoms with van der Waals surface area (Å²) in [5.41, 5.74) is 0. The van der Waals surface area contributed by atoms with Crippen LogP contribution in [0, 0.1) is 0 Å². The fraction of sp³-hybridized carbons (Fsp3) is 0.692. The first-order valence-electron chi connectivity index (χ1n) is 6.51. The van der Waals surface area contributed by atoms with Crippen LogP contribution in [0.25, 0.3) is 0 Å². The lowest BCUT2D eigenvalue weighted by Crippen LogP contribution is -2.58. The van der Waals surface area contributed by atoms with Gasteiger partial charge in [-0.05, 0) is 0 Å². The normalized spacial score (nSPS) is 27.5. The maximum absolute atomic E-state index is 11.3. The fourth-order valence-corrected chi connectivity index (χ4v) is 1.97.